The van der Waals surface area contributed by atoms with Crippen LogP contribution < -0.4 is 11.1 Å². The molecule has 0 radical (unpaired) electrons. The summed E-state index contributed by atoms with van der Waals surface area (Å²) in [6.45, 7) is 0. The molecular weight excluding hydrogens is 256 g/mol. The van der Waals surface area contributed by atoms with Crippen molar-refractivity contribution < 1.29 is 4.21 Å². The monoisotopic (exact) mass is 270 g/mol. The average Bonchev–Trinajstić information content (AvgIpc) is 2.32. The van der Waals surface area contributed by atoms with Gasteiger partial charge in [-0.05, 0) is 12.8 Å². The van der Waals surface area contributed by atoms with Crippen LogP contribution in [0.3, 0.4) is 0 Å². The van der Waals surface area contributed by atoms with Gasteiger partial charge in [0.15, 0.2) is 5.82 Å². The van der Waals surface area contributed by atoms with Gasteiger partial charge in [0.1, 0.15) is 10.7 Å². The summed E-state index contributed by atoms with van der Waals surface area (Å²) >= 11 is 4.92. The van der Waals surface area contributed by atoms with E-state index in [1.54, 1.807) is 12.4 Å². The third kappa shape index (κ3) is 3.19. The van der Waals surface area contributed by atoms with Crippen LogP contribution in [0.2, 0.25) is 0 Å². The van der Waals surface area contributed by atoms with E-state index in [0.717, 1.165) is 24.3 Å². The zero-order valence-corrected chi connectivity index (χ0v) is 10.9. The molecule has 0 saturated carbocycles. The van der Waals surface area contributed by atoms with Crippen molar-refractivity contribution in [3.05, 3.63) is 18.1 Å². The van der Waals surface area contributed by atoms with Gasteiger partial charge < -0.3 is 11.1 Å². The molecule has 1 aliphatic rings. The zero-order valence-electron chi connectivity index (χ0n) is 9.26. The number of nitrogens with one attached hydrogen (secondary N) is 1. The molecule has 7 heteroatoms. The summed E-state index contributed by atoms with van der Waals surface area (Å²) in [5.74, 6) is 2.10. The number of nitrogens with two attached hydrogens (primary N) is 1. The molecule has 2 rings (SSSR count). The van der Waals surface area contributed by atoms with E-state index in [0.29, 0.717) is 11.5 Å². The first-order chi connectivity index (χ1) is 8.16. The fourth-order valence-electron chi connectivity index (χ4n) is 1.76. The second-order valence-electron chi connectivity index (χ2n) is 3.88. The average molecular weight is 270 g/mol. The van der Waals surface area contributed by atoms with Crippen LogP contribution in [0.1, 0.15) is 18.5 Å². The van der Waals surface area contributed by atoms with Gasteiger partial charge in [-0.15, -0.1) is 0 Å². The highest BCUT2D eigenvalue weighted by atomic mass is 32.2. The molecule has 17 heavy (non-hydrogen) atoms. The molecule has 1 aliphatic heterocycles. The van der Waals surface area contributed by atoms with Crippen molar-refractivity contribution in [3.8, 4) is 0 Å². The number of aromatic nitrogens is 2. The maximum atomic E-state index is 11.3. The van der Waals surface area contributed by atoms with Crippen molar-refractivity contribution in [1.29, 1.82) is 0 Å². The molecule has 3 N–H and O–H groups in total. The lowest BCUT2D eigenvalue weighted by molar-refractivity contribution is 0.622. The number of hydrogen-bond acceptors (Lipinski definition) is 5. The van der Waals surface area contributed by atoms with Gasteiger partial charge in [0.25, 0.3) is 0 Å². The first-order valence-corrected chi connectivity index (χ1v) is 7.29. The van der Waals surface area contributed by atoms with Crippen LogP contribution >= 0.6 is 12.2 Å². The lowest BCUT2D eigenvalue weighted by Crippen LogP contribution is -2.31. The van der Waals surface area contributed by atoms with Gasteiger partial charge in [0.05, 0.1) is 0 Å². The van der Waals surface area contributed by atoms with E-state index in [-0.39, 0.29) is 11.0 Å². The first kappa shape index (κ1) is 12.4. The van der Waals surface area contributed by atoms with E-state index in [9.17, 15) is 4.21 Å². The molecule has 0 unspecified atom stereocenters. The second kappa shape index (κ2) is 5.50. The minimum absolute atomic E-state index is 0.236. The van der Waals surface area contributed by atoms with Crippen LogP contribution in [0.25, 0.3) is 0 Å². The largest absolute Gasteiger partial charge is 0.388 e. The summed E-state index contributed by atoms with van der Waals surface area (Å²) in [6, 6.07) is 0.275. The summed E-state index contributed by atoms with van der Waals surface area (Å²) < 4.78 is 11.3. The first-order valence-electron chi connectivity index (χ1n) is 5.39. The number of hydrogen-bond donors (Lipinski definition) is 2. The third-order valence-electron chi connectivity index (χ3n) is 2.66. The van der Waals surface area contributed by atoms with Crippen LogP contribution in [0, 0.1) is 0 Å². The van der Waals surface area contributed by atoms with E-state index in [1.165, 1.54) is 0 Å². The molecule has 0 amide bonds. The molecular formula is C10H14N4OS2. The molecule has 0 bridgehead atoms. The van der Waals surface area contributed by atoms with E-state index in [4.69, 9.17) is 18.0 Å². The van der Waals surface area contributed by atoms with Crippen molar-refractivity contribution in [1.82, 2.24) is 9.97 Å². The van der Waals surface area contributed by atoms with Crippen molar-refractivity contribution in [2.45, 2.75) is 18.9 Å². The van der Waals surface area contributed by atoms with Gasteiger partial charge in [0, 0.05) is 40.7 Å². The van der Waals surface area contributed by atoms with Gasteiger partial charge in [0.2, 0.25) is 0 Å². The Morgan fingerprint density at radius 2 is 2.06 bits per heavy atom. The summed E-state index contributed by atoms with van der Waals surface area (Å²) in [6.07, 6.45) is 4.92. The van der Waals surface area contributed by atoms with E-state index in [2.05, 4.69) is 15.3 Å². The highest BCUT2D eigenvalue weighted by molar-refractivity contribution is 7.85. The van der Waals surface area contributed by atoms with Crippen LogP contribution in [0.4, 0.5) is 5.82 Å². The van der Waals surface area contributed by atoms with Gasteiger partial charge in [-0.1, -0.05) is 12.2 Å². The molecule has 0 spiro atoms. The highest BCUT2D eigenvalue weighted by Crippen LogP contribution is 2.16. The molecule has 0 atom stereocenters. The minimum atomic E-state index is -0.660. The Labute approximate surface area is 108 Å². The highest BCUT2D eigenvalue weighted by Gasteiger charge is 2.19. The number of rotatable bonds is 3. The maximum absolute atomic E-state index is 11.3. The predicted octanol–water partition coefficient (Wildman–Crippen LogP) is 0.434. The fourth-order valence-corrected chi connectivity index (χ4v) is 3.20. The van der Waals surface area contributed by atoms with E-state index < -0.39 is 10.8 Å². The van der Waals surface area contributed by atoms with Crippen LogP contribution in [-0.2, 0) is 10.8 Å². The number of nitrogens with zero attached hydrogens (tertiary/aromatic N) is 2. The van der Waals surface area contributed by atoms with Crippen molar-refractivity contribution in [3.63, 3.8) is 0 Å². The maximum Gasteiger partial charge on any atom is 0.155 e. The Bertz CT molecular complexity index is 442. The summed E-state index contributed by atoms with van der Waals surface area (Å²) in [5, 5.41) is 3.28. The van der Waals surface area contributed by atoms with Crippen molar-refractivity contribution in [2.24, 2.45) is 5.73 Å². The standard InChI is InChI=1S/C10H14N4OS2/c11-9(16)8-10(13-4-3-12-8)14-7-1-5-17(15)6-2-7/h3-4,7H,1-2,5-6H2,(H2,11,16)(H,13,14). The predicted molar refractivity (Wildman–Crippen MR) is 72.4 cm³/mol. The Hall–Kier alpha value is -1.08. The minimum Gasteiger partial charge on any atom is -0.388 e. The normalized spacial score (nSPS) is 24.2. The molecule has 1 saturated heterocycles. The van der Waals surface area contributed by atoms with E-state index >= 15 is 0 Å². The second-order valence-corrected chi connectivity index (χ2v) is 6.02. The van der Waals surface area contributed by atoms with Gasteiger partial charge in [-0.25, -0.2) is 9.97 Å². The van der Waals surface area contributed by atoms with Crippen LogP contribution in [0.15, 0.2) is 12.4 Å². The van der Waals surface area contributed by atoms with Gasteiger partial charge >= 0.3 is 0 Å². The Balaban J connectivity index is 2.08. The quantitative estimate of drug-likeness (QED) is 0.776. The molecule has 1 fully saturated rings. The summed E-state index contributed by atoms with van der Waals surface area (Å²) in [7, 11) is -0.660. The molecule has 5 nitrogen and oxygen atoms in total. The SMILES string of the molecule is NC(=S)c1nccnc1NC1CCS(=O)CC1. The van der Waals surface area contributed by atoms with Crippen LogP contribution in [-0.4, -0.2) is 36.7 Å². The zero-order chi connectivity index (χ0) is 12.3. The molecule has 2 heterocycles. The third-order valence-corrected chi connectivity index (χ3v) is 4.24. The molecule has 0 aliphatic carbocycles. The van der Waals surface area contributed by atoms with Crippen molar-refractivity contribution >= 4 is 33.8 Å². The summed E-state index contributed by atoms with van der Waals surface area (Å²) in [4.78, 5) is 8.54. The molecule has 92 valence electrons. The van der Waals surface area contributed by atoms with Gasteiger partial charge in [-0.3, -0.25) is 4.21 Å². The smallest absolute Gasteiger partial charge is 0.155 e. The number of thiocarbonyl (C=S) groups is 1. The van der Waals surface area contributed by atoms with Crippen molar-refractivity contribution in [2.75, 3.05) is 16.8 Å². The lowest BCUT2D eigenvalue weighted by atomic mass is 10.1. The Morgan fingerprint density at radius 3 is 2.71 bits per heavy atom. The Kier molecular flexibility index (Phi) is 4.01. The topological polar surface area (TPSA) is 80.9 Å². The molecule has 0 aromatic carbocycles. The van der Waals surface area contributed by atoms with Gasteiger partial charge in [-0.2, -0.15) is 0 Å². The number of anilines is 1. The molecule has 1 aromatic heterocycles. The lowest BCUT2D eigenvalue weighted by Gasteiger charge is -2.23. The van der Waals surface area contributed by atoms with Crippen LogP contribution in [0.5, 0.6) is 0 Å². The molecule has 1 aromatic rings. The fraction of sp³-hybridized carbons (Fsp3) is 0.500. The summed E-state index contributed by atoms with van der Waals surface area (Å²) in [5.41, 5.74) is 6.10. The van der Waals surface area contributed by atoms with E-state index in [1.807, 2.05) is 0 Å². The Morgan fingerprint density at radius 1 is 1.41 bits per heavy atom.